The molecule has 12 bridgehead atoms. The average Bonchev–Trinajstić information content (AvgIpc) is 0.874. The summed E-state index contributed by atoms with van der Waals surface area (Å²) in [7, 11) is 1.02. The monoisotopic (exact) mass is 1330 g/mol. The number of hydrogen-bond acceptors (Lipinski definition) is 40. The van der Waals surface area contributed by atoms with Crippen molar-refractivity contribution >= 4 is 0 Å². The predicted octanol–water partition coefficient (Wildman–Crippen LogP) is -16.5. The molecule has 0 saturated carbocycles. The first-order chi connectivity index (χ1) is 42.8. The summed E-state index contributed by atoms with van der Waals surface area (Å²) in [5, 5.41) is 264. The van der Waals surface area contributed by atoms with Crippen LogP contribution >= 0.6 is 0 Å². The van der Waals surface area contributed by atoms with Gasteiger partial charge in [0.05, 0.1) is 72.2 Å². The Labute approximate surface area is 510 Å². The van der Waals surface area contributed by atoms with Crippen molar-refractivity contribution in [1.82, 2.24) is 0 Å². The van der Waals surface area contributed by atoms with E-state index in [-0.39, 0.29) is 0 Å². The SMILES string of the molecule is COC(CO)[C@H]1O[C@H]2OC(CO)[C@@H](O[C@H]3OC(CO)[C@@H](O[C@H](C(O)[C@H](C)O)OC(CO)CO[C@H]4OC(CO)[C@@H](O[C@H]5OC(CO)[C@@H](O[C@H]6OC(CO)[C@@H](O[C@H]7OC(CO)[C@@H](OCC(O)[C@H]1O)[C@H](O)C7O)[C@H](O)C6O)[C@H](O)C5O)C(O)C4O)C(O)[C@@H]3O)C(O)[C@@H]2O. The summed E-state index contributed by atoms with van der Waals surface area (Å²) in [5.41, 5.74) is 0. The van der Waals surface area contributed by atoms with E-state index < -0.39 is 299 Å². The average molecular weight is 1330 g/mol. The fraction of sp³-hybridized carbons (Fsp3) is 1.00. The van der Waals surface area contributed by atoms with Crippen molar-refractivity contribution in [1.29, 1.82) is 0 Å². The van der Waals surface area contributed by atoms with Crippen molar-refractivity contribution in [2.75, 3.05) is 73.2 Å². The molecule has 15 heterocycles. The third kappa shape index (κ3) is 16.7. The highest BCUT2D eigenvalue weighted by Gasteiger charge is 2.58. The Balaban J connectivity index is 1.16. The fourth-order valence-corrected chi connectivity index (χ4v) is 11.2. The summed E-state index contributed by atoms with van der Waals surface area (Å²) in [6.45, 7) is -9.24. The van der Waals surface area contributed by atoms with Gasteiger partial charge in [-0.25, -0.2) is 0 Å². The molecule has 15 aliphatic rings. The van der Waals surface area contributed by atoms with Crippen LogP contribution in [0.5, 0.6) is 0 Å². The van der Waals surface area contributed by atoms with Gasteiger partial charge in [-0.05, 0) is 6.92 Å². The van der Waals surface area contributed by atoms with Crippen molar-refractivity contribution in [3.8, 4) is 0 Å². The zero-order valence-corrected chi connectivity index (χ0v) is 48.3. The number of aliphatic hydroxyl groups excluding tert-OH is 24. The largest absolute Gasteiger partial charge is 0.394 e. The second kappa shape index (κ2) is 34.1. The maximum Gasteiger partial charge on any atom is 0.187 e. The number of aliphatic hydroxyl groups is 24. The van der Waals surface area contributed by atoms with Gasteiger partial charge in [-0.15, -0.1) is 0 Å². The normalized spacial score (nSPS) is 50.4. The summed E-state index contributed by atoms with van der Waals surface area (Å²) >= 11 is 0. The van der Waals surface area contributed by atoms with Crippen molar-refractivity contribution in [3.63, 3.8) is 0 Å². The van der Waals surface area contributed by atoms with Crippen LogP contribution in [0.1, 0.15) is 6.92 Å². The highest BCUT2D eigenvalue weighted by Crippen LogP contribution is 2.37. The van der Waals surface area contributed by atoms with Crippen LogP contribution in [0.4, 0.5) is 0 Å². The van der Waals surface area contributed by atoms with Gasteiger partial charge in [0.1, 0.15) is 183 Å². The van der Waals surface area contributed by atoms with Crippen molar-refractivity contribution in [3.05, 3.63) is 0 Å². The number of hydrogen-bond donors (Lipinski definition) is 24. The van der Waals surface area contributed by atoms with Crippen LogP contribution in [0, 0.1) is 0 Å². The fourth-order valence-electron chi connectivity index (χ4n) is 11.2. The molecule has 0 aromatic rings. The van der Waals surface area contributed by atoms with Gasteiger partial charge in [0.25, 0.3) is 0 Å². The molecule has 528 valence electrons. The predicted molar refractivity (Wildman–Crippen MR) is 275 cm³/mol. The third-order valence-corrected chi connectivity index (χ3v) is 16.5. The van der Waals surface area contributed by atoms with Crippen molar-refractivity contribution in [2.24, 2.45) is 0 Å². The molecule has 15 aliphatic heterocycles. The van der Waals surface area contributed by atoms with Crippen molar-refractivity contribution < 1.29 is 198 Å². The van der Waals surface area contributed by atoms with Crippen LogP contribution in [0.2, 0.25) is 0 Å². The lowest BCUT2D eigenvalue weighted by Crippen LogP contribution is -2.67. The van der Waals surface area contributed by atoms with Gasteiger partial charge in [-0.3, -0.25) is 0 Å². The molecule has 0 amide bonds. The molecule has 15 fully saturated rings. The van der Waals surface area contributed by atoms with Crippen LogP contribution in [0.25, 0.3) is 0 Å². The van der Waals surface area contributed by atoms with Crippen LogP contribution in [0.3, 0.4) is 0 Å². The number of fused-ring (bicyclic) bond motifs is 2. The molecule has 38 atom stereocenters. The minimum Gasteiger partial charge on any atom is -0.394 e. The zero-order valence-electron chi connectivity index (χ0n) is 48.3. The van der Waals surface area contributed by atoms with E-state index in [0.29, 0.717) is 0 Å². The lowest BCUT2D eigenvalue weighted by atomic mass is 9.95. The molecular formula is C50H88O40. The molecule has 40 heteroatoms. The third-order valence-electron chi connectivity index (χ3n) is 16.5. The van der Waals surface area contributed by atoms with Crippen LogP contribution < -0.4 is 0 Å². The smallest absolute Gasteiger partial charge is 0.187 e. The molecular weight excluding hydrogens is 1240 g/mol. The van der Waals surface area contributed by atoms with E-state index in [4.69, 9.17) is 75.8 Å². The summed E-state index contributed by atoms with van der Waals surface area (Å²) in [4.78, 5) is 0. The number of ether oxygens (including phenoxy) is 16. The minimum absolute atomic E-state index is 0.859. The van der Waals surface area contributed by atoms with Gasteiger partial charge in [-0.1, -0.05) is 0 Å². The van der Waals surface area contributed by atoms with Crippen LogP contribution in [-0.2, 0) is 75.8 Å². The molecule has 17 unspecified atom stereocenters. The maximum absolute atomic E-state index is 11.5. The van der Waals surface area contributed by atoms with E-state index in [9.17, 15) is 123 Å². The molecule has 0 aliphatic carbocycles. The topological polar surface area (TPSA) is 633 Å². The van der Waals surface area contributed by atoms with Crippen molar-refractivity contribution in [2.45, 2.75) is 240 Å². The van der Waals surface area contributed by atoms with Gasteiger partial charge >= 0.3 is 0 Å². The Morgan fingerprint density at radius 2 is 0.644 bits per heavy atom. The van der Waals surface area contributed by atoms with Gasteiger partial charge < -0.3 is 198 Å². The van der Waals surface area contributed by atoms with E-state index >= 15 is 0 Å². The van der Waals surface area contributed by atoms with E-state index in [1.807, 2.05) is 0 Å². The molecule has 0 radical (unpaired) electrons. The maximum atomic E-state index is 11.5. The highest BCUT2D eigenvalue weighted by atomic mass is 16.8. The molecule has 40 nitrogen and oxygen atoms in total. The molecule has 15 saturated heterocycles. The second-order valence-electron chi connectivity index (χ2n) is 22.5. The summed E-state index contributed by atoms with van der Waals surface area (Å²) in [5.74, 6) is 0. The van der Waals surface area contributed by atoms with Crippen LogP contribution in [-0.4, -0.2) is 429 Å². The standard InChI is InChI=1S/C50H88O40/c1-13(59)23(61)45-78-14(3-51)11-77-44-31(69)26(64)39(18(6-54)79-44)87-48-35(73)30(68)43(22(10-58)83-48)90-50-36(74)29(67)41(21(9-57)84-50)88-46-32(70)25(63)37(17(5-53)80-46)76-12-15(60)24(62)38(16(4-52)75-2)85-47-33(71)28(66)42(20(8-56)81-47)89-49-34(72)27(65)40(86-45)19(7-55)82-49/h13-74H,3-12H2,1-2H3/t13-,14?,15?,16?,17?,18?,19?,20?,21?,22?,23?,24+,25+,26?,27?,28?,29+,30+,31?,32?,33-,34-,35?,36?,37+,38+,39+,40+,41+,42+,43+,44-,45+,46+,47+,48+,49+,50+/m0/s1. The van der Waals surface area contributed by atoms with E-state index in [2.05, 4.69) is 0 Å². The zero-order chi connectivity index (χ0) is 66.3. The van der Waals surface area contributed by atoms with Gasteiger partial charge in [0.2, 0.25) is 0 Å². The molecule has 90 heavy (non-hydrogen) atoms. The first-order valence-corrected chi connectivity index (χ1v) is 28.8. The minimum atomic E-state index is -2.27. The van der Waals surface area contributed by atoms with Gasteiger partial charge in [0, 0.05) is 7.11 Å². The lowest BCUT2D eigenvalue weighted by molar-refractivity contribution is -0.390. The molecule has 0 aromatic carbocycles. The molecule has 0 aromatic heterocycles. The Morgan fingerprint density at radius 1 is 0.333 bits per heavy atom. The Morgan fingerprint density at radius 3 is 0.967 bits per heavy atom. The summed E-state index contributed by atoms with van der Waals surface area (Å²) in [6, 6.07) is 0. The van der Waals surface area contributed by atoms with Gasteiger partial charge in [-0.2, -0.15) is 0 Å². The molecule has 0 spiro atoms. The van der Waals surface area contributed by atoms with E-state index in [1.54, 1.807) is 0 Å². The van der Waals surface area contributed by atoms with Crippen LogP contribution in [0.15, 0.2) is 0 Å². The number of methoxy groups -OCH3 is 1. The second-order valence-corrected chi connectivity index (χ2v) is 22.5. The Hall–Kier alpha value is -1.60. The summed E-state index contributed by atoms with van der Waals surface area (Å²) < 4.78 is 90.6. The van der Waals surface area contributed by atoms with Gasteiger partial charge in [0.15, 0.2) is 44.0 Å². The lowest BCUT2D eigenvalue weighted by Gasteiger charge is -2.49. The van der Waals surface area contributed by atoms with E-state index in [0.717, 1.165) is 14.0 Å². The quantitative estimate of drug-likeness (QED) is 0.0863. The Kier molecular flexibility index (Phi) is 28.7. The highest BCUT2D eigenvalue weighted by molar-refractivity contribution is 5.00. The molecule has 15 rings (SSSR count). The first kappa shape index (κ1) is 75.8. The van der Waals surface area contributed by atoms with E-state index in [1.165, 1.54) is 0 Å². The summed E-state index contributed by atoms with van der Waals surface area (Å²) in [6.07, 6.45) is -76.4. The molecule has 24 N–H and O–H groups in total. The number of rotatable bonds is 12. The Bertz CT molecular complexity index is 2070. The first-order valence-electron chi connectivity index (χ1n) is 28.8.